The van der Waals surface area contributed by atoms with E-state index in [9.17, 15) is 13.2 Å². The number of carbonyl (C=O) groups is 1. The predicted octanol–water partition coefficient (Wildman–Crippen LogP) is 3.07. The minimum atomic E-state index is -3.72. The number of benzene rings is 1. The molecular weight excluding hydrogens is 396 g/mol. The third kappa shape index (κ3) is 3.83. The van der Waals surface area contributed by atoms with Crippen LogP contribution in [0.1, 0.15) is 27.3 Å². The molecule has 0 fully saturated rings. The summed E-state index contributed by atoms with van der Waals surface area (Å²) in [7, 11) is -3.72. The van der Waals surface area contributed by atoms with Gasteiger partial charge in [0.25, 0.3) is 0 Å². The first-order valence-electron chi connectivity index (χ1n) is 8.32. The van der Waals surface area contributed by atoms with E-state index in [1.807, 2.05) is 29.9 Å². The molecule has 0 aliphatic carbocycles. The number of thiazole rings is 1. The van der Waals surface area contributed by atoms with Gasteiger partial charge in [-0.05, 0) is 38.1 Å². The first kappa shape index (κ1) is 19.8. The molecule has 0 bridgehead atoms. The first-order valence-corrected chi connectivity index (χ1v) is 11.0. The summed E-state index contributed by atoms with van der Waals surface area (Å²) in [6.07, 6.45) is 2.73. The molecule has 0 saturated carbocycles. The van der Waals surface area contributed by atoms with Gasteiger partial charge in [0.15, 0.2) is 10.9 Å². The molecule has 0 unspecified atom stereocenters. The maximum atomic E-state index is 13.0. The first-order chi connectivity index (χ1) is 13.2. The van der Waals surface area contributed by atoms with Crippen LogP contribution in [-0.2, 0) is 10.0 Å². The second kappa shape index (κ2) is 7.58. The van der Waals surface area contributed by atoms with Crippen LogP contribution >= 0.6 is 11.3 Å². The number of sulfonamides is 1. The molecule has 0 amide bonds. The van der Waals surface area contributed by atoms with Gasteiger partial charge in [-0.25, -0.2) is 13.4 Å². The number of anilines is 1. The van der Waals surface area contributed by atoms with Crippen LogP contribution in [0.4, 0.5) is 5.69 Å². The zero-order valence-corrected chi connectivity index (χ0v) is 17.2. The van der Waals surface area contributed by atoms with Gasteiger partial charge in [-0.15, -0.1) is 11.3 Å². The van der Waals surface area contributed by atoms with Crippen LogP contribution in [-0.4, -0.2) is 36.6 Å². The predicted molar refractivity (Wildman–Crippen MR) is 109 cm³/mol. The second-order valence-corrected chi connectivity index (χ2v) is 9.07. The Hall–Kier alpha value is -2.96. The van der Waals surface area contributed by atoms with E-state index in [4.69, 9.17) is 5.26 Å². The molecule has 1 aromatic carbocycles. The number of hydrogen-bond acceptors (Lipinski definition) is 6. The lowest BCUT2D eigenvalue weighted by atomic mass is 10.1. The van der Waals surface area contributed by atoms with Crippen LogP contribution in [0.25, 0.3) is 5.13 Å². The Bertz CT molecular complexity index is 1170. The topological polar surface area (TPSA) is 96.1 Å². The van der Waals surface area contributed by atoms with Crippen LogP contribution in [0, 0.1) is 25.2 Å². The van der Waals surface area contributed by atoms with E-state index < -0.39 is 10.0 Å². The molecule has 0 atom stereocenters. The maximum absolute atomic E-state index is 13.0. The highest BCUT2D eigenvalue weighted by molar-refractivity contribution is 7.92. The van der Waals surface area contributed by atoms with E-state index in [2.05, 4.69) is 4.98 Å². The van der Waals surface area contributed by atoms with Gasteiger partial charge in [-0.1, -0.05) is 6.07 Å². The number of nitriles is 1. The van der Waals surface area contributed by atoms with Crippen molar-refractivity contribution in [2.24, 2.45) is 0 Å². The number of carbonyl (C=O) groups excluding carboxylic acids is 1. The molecule has 2 aromatic heterocycles. The number of rotatable bonds is 6. The SMILES string of the molecule is Cc1cc(C(=O)CN(c2cccc(C#N)c2)S(C)(=O)=O)c(C)n1-c1nccs1. The van der Waals surface area contributed by atoms with Crippen molar-refractivity contribution in [3.8, 4) is 11.2 Å². The third-order valence-corrected chi connectivity index (χ3v) is 6.19. The minimum absolute atomic E-state index is 0.281. The highest BCUT2D eigenvalue weighted by atomic mass is 32.2. The van der Waals surface area contributed by atoms with Gasteiger partial charge in [-0.2, -0.15) is 5.26 Å². The Morgan fingerprint density at radius 1 is 1.32 bits per heavy atom. The summed E-state index contributed by atoms with van der Waals surface area (Å²) in [5, 5.41) is 11.7. The fourth-order valence-corrected chi connectivity index (χ4v) is 4.61. The third-order valence-electron chi connectivity index (χ3n) is 4.29. The van der Waals surface area contributed by atoms with Gasteiger partial charge in [0.1, 0.15) is 0 Å². The van der Waals surface area contributed by atoms with Crippen molar-refractivity contribution < 1.29 is 13.2 Å². The van der Waals surface area contributed by atoms with Crippen LogP contribution in [0.2, 0.25) is 0 Å². The summed E-state index contributed by atoms with van der Waals surface area (Å²) in [6, 6.07) is 9.90. The molecule has 0 N–H and O–H groups in total. The van der Waals surface area contributed by atoms with Crippen molar-refractivity contribution >= 4 is 32.8 Å². The Morgan fingerprint density at radius 2 is 2.07 bits per heavy atom. The van der Waals surface area contributed by atoms with Crippen molar-refractivity contribution in [1.82, 2.24) is 9.55 Å². The normalized spacial score (nSPS) is 11.2. The van der Waals surface area contributed by atoms with Crippen LogP contribution < -0.4 is 4.31 Å². The zero-order valence-electron chi connectivity index (χ0n) is 15.6. The quantitative estimate of drug-likeness (QED) is 0.578. The summed E-state index contributed by atoms with van der Waals surface area (Å²) in [5.41, 5.74) is 2.59. The minimum Gasteiger partial charge on any atom is -0.294 e. The molecule has 3 aromatic rings. The fraction of sp³-hybridized carbons (Fsp3) is 0.211. The number of Topliss-reactive ketones (excluding diaryl/α,β-unsaturated/α-hetero) is 1. The van der Waals surface area contributed by atoms with Gasteiger partial charge in [-0.3, -0.25) is 13.7 Å². The average molecular weight is 415 g/mol. The smallest absolute Gasteiger partial charge is 0.232 e. The van der Waals surface area contributed by atoms with Gasteiger partial charge in [0.05, 0.1) is 30.1 Å². The monoisotopic (exact) mass is 414 g/mol. The van der Waals surface area contributed by atoms with E-state index in [0.717, 1.165) is 21.4 Å². The highest BCUT2D eigenvalue weighted by Crippen LogP contribution is 2.24. The highest BCUT2D eigenvalue weighted by Gasteiger charge is 2.25. The molecule has 0 saturated heterocycles. The molecule has 0 aliphatic rings. The van der Waals surface area contributed by atoms with Crippen molar-refractivity contribution in [3.63, 3.8) is 0 Å². The molecule has 0 radical (unpaired) electrons. The second-order valence-electron chi connectivity index (χ2n) is 6.29. The van der Waals surface area contributed by atoms with Crippen LogP contribution in [0.5, 0.6) is 0 Å². The Balaban J connectivity index is 1.98. The van der Waals surface area contributed by atoms with Crippen molar-refractivity contribution in [2.45, 2.75) is 13.8 Å². The van der Waals surface area contributed by atoms with Crippen molar-refractivity contribution in [3.05, 3.63) is 64.4 Å². The van der Waals surface area contributed by atoms with Gasteiger partial charge in [0, 0.05) is 28.5 Å². The van der Waals surface area contributed by atoms with Crippen LogP contribution in [0.15, 0.2) is 41.9 Å². The number of ketones is 1. The average Bonchev–Trinajstić information content (AvgIpc) is 3.26. The molecule has 28 heavy (non-hydrogen) atoms. The number of aryl methyl sites for hydroxylation is 1. The molecule has 7 nitrogen and oxygen atoms in total. The fourth-order valence-electron chi connectivity index (χ4n) is 3.01. The van der Waals surface area contributed by atoms with Crippen molar-refractivity contribution in [1.29, 1.82) is 5.26 Å². The van der Waals surface area contributed by atoms with E-state index in [1.165, 1.54) is 17.4 Å². The Morgan fingerprint density at radius 3 is 2.68 bits per heavy atom. The van der Waals surface area contributed by atoms with E-state index >= 15 is 0 Å². The van der Waals surface area contributed by atoms with Gasteiger partial charge in [0.2, 0.25) is 10.0 Å². The van der Waals surface area contributed by atoms with E-state index in [1.54, 1.807) is 30.5 Å². The molecule has 144 valence electrons. The maximum Gasteiger partial charge on any atom is 0.232 e. The molecule has 0 spiro atoms. The zero-order chi connectivity index (χ0) is 20.5. The van der Waals surface area contributed by atoms with E-state index in [-0.39, 0.29) is 18.0 Å². The van der Waals surface area contributed by atoms with Gasteiger partial charge < -0.3 is 0 Å². The number of aromatic nitrogens is 2. The summed E-state index contributed by atoms with van der Waals surface area (Å²) in [4.78, 5) is 17.3. The number of hydrogen-bond donors (Lipinski definition) is 0. The lowest BCUT2D eigenvalue weighted by Crippen LogP contribution is -2.35. The lowest BCUT2D eigenvalue weighted by Gasteiger charge is -2.21. The summed E-state index contributed by atoms with van der Waals surface area (Å²) in [6.45, 7) is 3.33. The summed E-state index contributed by atoms with van der Waals surface area (Å²) >= 11 is 1.45. The number of nitrogens with zero attached hydrogens (tertiary/aromatic N) is 4. The summed E-state index contributed by atoms with van der Waals surface area (Å²) < 4.78 is 27.5. The molecule has 0 aliphatic heterocycles. The summed E-state index contributed by atoms with van der Waals surface area (Å²) in [5.74, 6) is -0.330. The molecular formula is C19H18N4O3S2. The lowest BCUT2D eigenvalue weighted by molar-refractivity contribution is 0.100. The molecule has 3 rings (SSSR count). The Labute approximate surface area is 167 Å². The van der Waals surface area contributed by atoms with Gasteiger partial charge >= 0.3 is 0 Å². The van der Waals surface area contributed by atoms with Crippen molar-refractivity contribution in [2.75, 3.05) is 17.1 Å². The largest absolute Gasteiger partial charge is 0.294 e. The molecule has 9 heteroatoms. The van der Waals surface area contributed by atoms with Crippen LogP contribution in [0.3, 0.4) is 0 Å². The van der Waals surface area contributed by atoms with E-state index in [0.29, 0.717) is 16.8 Å². The Kier molecular flexibility index (Phi) is 5.36. The molecule has 2 heterocycles. The standard InChI is InChI=1S/C19H18N4O3S2/c1-13-9-17(14(2)23(13)19-21-7-8-27-19)18(24)12-22(28(3,25)26)16-6-4-5-15(10-16)11-20/h4-10H,12H2,1-3H3.